The minimum Gasteiger partial charge on any atom is -0.488 e. The first-order valence-electron chi connectivity index (χ1n) is 7.04. The predicted octanol–water partition coefficient (Wildman–Crippen LogP) is 5.40. The fourth-order valence-electron chi connectivity index (χ4n) is 2.09. The van der Waals surface area contributed by atoms with Crippen LogP contribution in [0.15, 0.2) is 42.5 Å². The Morgan fingerprint density at radius 3 is 1.95 bits per heavy atom. The van der Waals surface area contributed by atoms with Gasteiger partial charge in [0.15, 0.2) is 11.6 Å². The first-order chi connectivity index (χ1) is 9.47. The summed E-state index contributed by atoms with van der Waals surface area (Å²) in [5, 5.41) is 0. The van der Waals surface area contributed by atoms with Crippen LogP contribution in [0, 0.1) is 5.82 Å². The zero-order valence-electron chi connectivity index (χ0n) is 12.5. The molecule has 0 aliphatic rings. The van der Waals surface area contributed by atoms with Crippen molar-refractivity contribution in [1.82, 2.24) is 0 Å². The van der Waals surface area contributed by atoms with E-state index < -0.39 is 0 Å². The summed E-state index contributed by atoms with van der Waals surface area (Å²) < 4.78 is 19.4. The third kappa shape index (κ3) is 3.38. The molecule has 0 saturated heterocycles. The number of hydrogen-bond donors (Lipinski definition) is 0. The third-order valence-electron chi connectivity index (χ3n) is 3.21. The van der Waals surface area contributed by atoms with E-state index in [1.54, 1.807) is 6.07 Å². The van der Waals surface area contributed by atoms with Gasteiger partial charge in [-0.1, -0.05) is 44.2 Å². The fourth-order valence-corrected chi connectivity index (χ4v) is 2.09. The van der Waals surface area contributed by atoms with Crippen LogP contribution in [0.1, 0.15) is 39.2 Å². The standard InChI is InChI=1S/C18H21FO/c1-12(2)14-5-7-15(8-6-14)16-9-10-18(17(19)11-16)20-13(3)4/h5-13H,1-4H3. The summed E-state index contributed by atoms with van der Waals surface area (Å²) in [6.45, 7) is 8.09. The van der Waals surface area contributed by atoms with E-state index in [2.05, 4.69) is 26.0 Å². The number of rotatable bonds is 4. The maximum atomic E-state index is 14.0. The second-order valence-electron chi connectivity index (χ2n) is 5.59. The van der Waals surface area contributed by atoms with Crippen molar-refractivity contribution in [2.24, 2.45) is 0 Å². The molecule has 2 aromatic carbocycles. The molecule has 0 bridgehead atoms. The summed E-state index contributed by atoms with van der Waals surface area (Å²) in [6.07, 6.45) is -0.0272. The lowest BCUT2D eigenvalue weighted by molar-refractivity contribution is 0.231. The van der Waals surface area contributed by atoms with E-state index in [-0.39, 0.29) is 11.9 Å². The summed E-state index contributed by atoms with van der Waals surface area (Å²) >= 11 is 0. The smallest absolute Gasteiger partial charge is 0.165 e. The summed E-state index contributed by atoms with van der Waals surface area (Å²) in [7, 11) is 0. The monoisotopic (exact) mass is 272 g/mol. The Hall–Kier alpha value is -1.83. The highest BCUT2D eigenvalue weighted by Crippen LogP contribution is 2.27. The molecule has 2 rings (SSSR count). The second kappa shape index (κ2) is 6.08. The van der Waals surface area contributed by atoms with Crippen LogP contribution in [0.5, 0.6) is 5.75 Å². The van der Waals surface area contributed by atoms with Gasteiger partial charge in [-0.2, -0.15) is 0 Å². The molecule has 2 heteroatoms. The topological polar surface area (TPSA) is 9.23 Å². The summed E-state index contributed by atoms with van der Waals surface area (Å²) in [5.41, 5.74) is 3.17. The van der Waals surface area contributed by atoms with Crippen LogP contribution >= 0.6 is 0 Å². The van der Waals surface area contributed by atoms with Crippen LogP contribution in [-0.4, -0.2) is 6.10 Å². The van der Waals surface area contributed by atoms with Gasteiger partial charge in [-0.05, 0) is 48.6 Å². The largest absolute Gasteiger partial charge is 0.488 e. The average molecular weight is 272 g/mol. The molecule has 0 aliphatic heterocycles. The molecule has 0 heterocycles. The molecule has 0 spiro atoms. The van der Waals surface area contributed by atoms with Crippen LogP contribution in [-0.2, 0) is 0 Å². The quantitative estimate of drug-likeness (QED) is 0.723. The highest BCUT2D eigenvalue weighted by molar-refractivity contribution is 5.64. The van der Waals surface area contributed by atoms with E-state index in [1.807, 2.05) is 32.0 Å². The van der Waals surface area contributed by atoms with Gasteiger partial charge in [-0.15, -0.1) is 0 Å². The fraction of sp³-hybridized carbons (Fsp3) is 0.333. The minimum atomic E-state index is -0.316. The number of benzene rings is 2. The molecule has 2 aromatic rings. The lowest BCUT2D eigenvalue weighted by Crippen LogP contribution is -2.06. The zero-order valence-corrected chi connectivity index (χ0v) is 12.5. The average Bonchev–Trinajstić information content (AvgIpc) is 2.41. The Morgan fingerprint density at radius 1 is 0.850 bits per heavy atom. The molecule has 0 aromatic heterocycles. The van der Waals surface area contributed by atoms with Crippen LogP contribution in [0.3, 0.4) is 0 Å². The van der Waals surface area contributed by atoms with E-state index in [0.717, 1.165) is 11.1 Å². The van der Waals surface area contributed by atoms with Crippen LogP contribution in [0.25, 0.3) is 11.1 Å². The van der Waals surface area contributed by atoms with Gasteiger partial charge in [0.2, 0.25) is 0 Å². The second-order valence-corrected chi connectivity index (χ2v) is 5.59. The molecule has 0 amide bonds. The molecule has 0 saturated carbocycles. The van der Waals surface area contributed by atoms with E-state index in [9.17, 15) is 4.39 Å². The van der Waals surface area contributed by atoms with Gasteiger partial charge in [-0.25, -0.2) is 4.39 Å². The summed E-state index contributed by atoms with van der Waals surface area (Å²) in [6, 6.07) is 13.4. The molecule has 1 nitrogen and oxygen atoms in total. The third-order valence-corrected chi connectivity index (χ3v) is 3.21. The van der Waals surface area contributed by atoms with Gasteiger partial charge >= 0.3 is 0 Å². The van der Waals surface area contributed by atoms with E-state index in [4.69, 9.17) is 4.74 Å². The number of ether oxygens (including phenoxy) is 1. The van der Waals surface area contributed by atoms with Crippen LogP contribution in [0.4, 0.5) is 4.39 Å². The zero-order chi connectivity index (χ0) is 14.7. The van der Waals surface area contributed by atoms with Gasteiger partial charge in [0.1, 0.15) is 0 Å². The van der Waals surface area contributed by atoms with Gasteiger partial charge in [0.25, 0.3) is 0 Å². The van der Waals surface area contributed by atoms with Crippen molar-refractivity contribution >= 4 is 0 Å². The Morgan fingerprint density at radius 2 is 1.45 bits per heavy atom. The first-order valence-corrected chi connectivity index (χ1v) is 7.04. The SMILES string of the molecule is CC(C)Oc1ccc(-c2ccc(C(C)C)cc2)cc1F. The number of halogens is 1. The molecular formula is C18H21FO. The van der Waals surface area contributed by atoms with Crippen molar-refractivity contribution in [3.63, 3.8) is 0 Å². The summed E-state index contributed by atoms with van der Waals surface area (Å²) in [4.78, 5) is 0. The molecule has 0 aliphatic carbocycles. The Balaban J connectivity index is 2.27. The number of hydrogen-bond acceptors (Lipinski definition) is 1. The van der Waals surface area contributed by atoms with Crippen molar-refractivity contribution in [3.05, 3.63) is 53.8 Å². The normalized spacial score (nSPS) is 11.2. The van der Waals surface area contributed by atoms with Crippen molar-refractivity contribution in [1.29, 1.82) is 0 Å². The van der Waals surface area contributed by atoms with Crippen LogP contribution < -0.4 is 4.74 Å². The van der Waals surface area contributed by atoms with Gasteiger partial charge in [0, 0.05) is 0 Å². The Labute approximate surface area is 120 Å². The van der Waals surface area contributed by atoms with Crippen molar-refractivity contribution in [3.8, 4) is 16.9 Å². The maximum absolute atomic E-state index is 14.0. The van der Waals surface area contributed by atoms with Gasteiger partial charge < -0.3 is 4.74 Å². The van der Waals surface area contributed by atoms with Crippen molar-refractivity contribution < 1.29 is 9.13 Å². The van der Waals surface area contributed by atoms with E-state index in [0.29, 0.717) is 11.7 Å². The molecule has 0 fully saturated rings. The molecule has 0 N–H and O–H groups in total. The summed E-state index contributed by atoms with van der Waals surface area (Å²) in [5.74, 6) is 0.495. The molecule has 0 atom stereocenters. The minimum absolute atomic E-state index is 0.0272. The van der Waals surface area contributed by atoms with Gasteiger partial charge in [-0.3, -0.25) is 0 Å². The maximum Gasteiger partial charge on any atom is 0.165 e. The highest BCUT2D eigenvalue weighted by atomic mass is 19.1. The lowest BCUT2D eigenvalue weighted by atomic mass is 9.99. The van der Waals surface area contributed by atoms with Crippen LogP contribution in [0.2, 0.25) is 0 Å². The molecular weight excluding hydrogens is 251 g/mol. The van der Waals surface area contributed by atoms with E-state index in [1.165, 1.54) is 11.6 Å². The highest BCUT2D eigenvalue weighted by Gasteiger charge is 2.08. The molecule has 106 valence electrons. The Bertz CT molecular complexity index is 570. The molecule has 0 radical (unpaired) electrons. The Kier molecular flexibility index (Phi) is 4.43. The lowest BCUT2D eigenvalue weighted by Gasteiger charge is -2.12. The first kappa shape index (κ1) is 14.6. The predicted molar refractivity (Wildman–Crippen MR) is 81.7 cm³/mol. The van der Waals surface area contributed by atoms with Gasteiger partial charge in [0.05, 0.1) is 6.10 Å². The molecule has 20 heavy (non-hydrogen) atoms. The molecule has 0 unspecified atom stereocenters. The van der Waals surface area contributed by atoms with E-state index >= 15 is 0 Å². The van der Waals surface area contributed by atoms with Crippen molar-refractivity contribution in [2.75, 3.05) is 0 Å². The van der Waals surface area contributed by atoms with Crippen molar-refractivity contribution in [2.45, 2.75) is 39.7 Å².